The van der Waals surface area contributed by atoms with Crippen LogP contribution in [0.4, 0.5) is 8.78 Å². The van der Waals surface area contributed by atoms with Gasteiger partial charge in [-0.05, 0) is 18.8 Å². The summed E-state index contributed by atoms with van der Waals surface area (Å²) in [7, 11) is 1.44. The van der Waals surface area contributed by atoms with Gasteiger partial charge in [0.05, 0.1) is 0 Å². The van der Waals surface area contributed by atoms with Crippen molar-refractivity contribution >= 4 is 5.91 Å². The maximum atomic E-state index is 11.9. The lowest BCUT2D eigenvalue weighted by Gasteiger charge is -2.29. The molecule has 1 fully saturated rings. The number of amides is 1. The highest BCUT2D eigenvalue weighted by Gasteiger charge is 2.25. The van der Waals surface area contributed by atoms with Gasteiger partial charge in [-0.3, -0.25) is 4.79 Å². The van der Waals surface area contributed by atoms with Crippen LogP contribution in [0.25, 0.3) is 0 Å². The zero-order valence-corrected chi connectivity index (χ0v) is 7.09. The van der Waals surface area contributed by atoms with E-state index in [2.05, 4.69) is 0 Å². The first-order valence-corrected chi connectivity index (χ1v) is 4.14. The third-order valence-corrected chi connectivity index (χ3v) is 2.32. The zero-order chi connectivity index (χ0) is 9.14. The van der Waals surface area contributed by atoms with E-state index in [0.717, 1.165) is 17.7 Å². The molecule has 0 bridgehead atoms. The second-order valence-corrected chi connectivity index (χ2v) is 3.32. The van der Waals surface area contributed by atoms with Gasteiger partial charge in [-0.15, -0.1) is 0 Å². The molecule has 2 nitrogen and oxygen atoms in total. The van der Waals surface area contributed by atoms with E-state index in [1.54, 1.807) is 0 Å². The van der Waals surface area contributed by atoms with Crippen LogP contribution in [-0.2, 0) is 4.79 Å². The van der Waals surface area contributed by atoms with Crippen LogP contribution in [0, 0.1) is 5.92 Å². The Balaban J connectivity index is 2.26. The van der Waals surface area contributed by atoms with Gasteiger partial charge in [0.15, 0.2) is 0 Å². The first kappa shape index (κ1) is 9.42. The fourth-order valence-corrected chi connectivity index (χ4v) is 1.32. The van der Waals surface area contributed by atoms with Crippen LogP contribution in [0.2, 0.25) is 0 Å². The highest BCUT2D eigenvalue weighted by Crippen LogP contribution is 2.26. The van der Waals surface area contributed by atoms with Crippen molar-refractivity contribution in [2.45, 2.75) is 25.7 Å². The zero-order valence-electron chi connectivity index (χ0n) is 7.09. The molecule has 0 aromatic carbocycles. The van der Waals surface area contributed by atoms with E-state index in [4.69, 9.17) is 0 Å². The Morgan fingerprint density at radius 3 is 2.50 bits per heavy atom. The summed E-state index contributed by atoms with van der Waals surface area (Å²) in [6, 6.07) is 0. The third-order valence-electron chi connectivity index (χ3n) is 2.32. The average Bonchev–Trinajstić information content (AvgIpc) is 1.94. The number of carbonyl (C=O) groups excluding carboxylic acids is 1. The second kappa shape index (κ2) is 3.83. The van der Waals surface area contributed by atoms with Gasteiger partial charge < -0.3 is 4.90 Å². The van der Waals surface area contributed by atoms with Crippen molar-refractivity contribution in [2.75, 3.05) is 13.6 Å². The molecule has 0 heterocycles. The van der Waals surface area contributed by atoms with Crippen LogP contribution in [0.1, 0.15) is 19.3 Å². The Morgan fingerprint density at radius 1 is 1.58 bits per heavy atom. The number of hydrogen-bond acceptors (Lipinski definition) is 1. The van der Waals surface area contributed by atoms with Gasteiger partial charge in [-0.2, -0.15) is 8.78 Å². The minimum atomic E-state index is -2.85. The SMILES string of the molecule is CN(CC1CCC1)C(=O)C(F)F. The van der Waals surface area contributed by atoms with Crippen LogP contribution in [0.5, 0.6) is 0 Å². The molecule has 0 atom stereocenters. The molecular formula is C8H13F2NO. The third kappa shape index (κ3) is 2.16. The maximum Gasteiger partial charge on any atom is 0.315 e. The van der Waals surface area contributed by atoms with Crippen molar-refractivity contribution in [1.29, 1.82) is 0 Å². The molecule has 70 valence electrons. The van der Waals surface area contributed by atoms with Crippen molar-refractivity contribution < 1.29 is 13.6 Å². The molecule has 0 radical (unpaired) electrons. The fourth-order valence-electron chi connectivity index (χ4n) is 1.32. The molecule has 0 aromatic heterocycles. The summed E-state index contributed by atoms with van der Waals surface area (Å²) in [6.45, 7) is 0.489. The molecule has 1 amide bonds. The lowest BCUT2D eigenvalue weighted by molar-refractivity contribution is -0.142. The standard InChI is InChI=1S/C8H13F2NO/c1-11(8(12)7(9)10)5-6-3-2-4-6/h6-7H,2-5H2,1H3. The van der Waals surface area contributed by atoms with Gasteiger partial charge in [-0.1, -0.05) is 6.42 Å². The first-order chi connectivity index (χ1) is 5.61. The van der Waals surface area contributed by atoms with E-state index in [1.165, 1.54) is 13.5 Å². The van der Waals surface area contributed by atoms with E-state index < -0.39 is 12.3 Å². The van der Waals surface area contributed by atoms with Gasteiger partial charge >= 0.3 is 6.43 Å². The van der Waals surface area contributed by atoms with Gasteiger partial charge in [-0.25, -0.2) is 0 Å². The van der Waals surface area contributed by atoms with E-state index in [0.29, 0.717) is 12.5 Å². The molecular weight excluding hydrogens is 164 g/mol. The monoisotopic (exact) mass is 177 g/mol. The Labute approximate surface area is 70.5 Å². The van der Waals surface area contributed by atoms with Crippen LogP contribution in [0.3, 0.4) is 0 Å². The summed E-state index contributed by atoms with van der Waals surface area (Å²) < 4.78 is 23.7. The molecule has 0 N–H and O–H groups in total. The molecule has 0 spiro atoms. The highest BCUT2D eigenvalue weighted by molar-refractivity contribution is 5.79. The van der Waals surface area contributed by atoms with Crippen molar-refractivity contribution in [1.82, 2.24) is 4.90 Å². The predicted octanol–water partition coefficient (Wildman–Crippen LogP) is 1.51. The lowest BCUT2D eigenvalue weighted by atomic mass is 9.85. The van der Waals surface area contributed by atoms with Gasteiger partial charge in [0.25, 0.3) is 5.91 Å². The van der Waals surface area contributed by atoms with E-state index in [1.807, 2.05) is 0 Å². The maximum absolute atomic E-state index is 11.9. The van der Waals surface area contributed by atoms with Crippen LogP contribution >= 0.6 is 0 Å². The van der Waals surface area contributed by atoms with Crippen molar-refractivity contribution in [3.63, 3.8) is 0 Å². The molecule has 1 aliphatic rings. The summed E-state index contributed by atoms with van der Waals surface area (Å²) in [5.74, 6) is -0.598. The molecule has 4 heteroatoms. The van der Waals surface area contributed by atoms with Crippen LogP contribution in [0.15, 0.2) is 0 Å². The number of nitrogens with zero attached hydrogens (tertiary/aromatic N) is 1. The number of carbonyl (C=O) groups is 1. The van der Waals surface area contributed by atoms with E-state index >= 15 is 0 Å². The van der Waals surface area contributed by atoms with Crippen molar-refractivity contribution in [2.24, 2.45) is 5.92 Å². The van der Waals surface area contributed by atoms with Gasteiger partial charge in [0.1, 0.15) is 0 Å². The number of rotatable bonds is 3. The normalized spacial score (nSPS) is 17.7. The second-order valence-electron chi connectivity index (χ2n) is 3.32. The fraction of sp³-hybridized carbons (Fsp3) is 0.875. The number of halogens is 2. The molecule has 0 aliphatic heterocycles. The molecule has 0 unspecified atom stereocenters. The Bertz CT molecular complexity index is 168. The minimum absolute atomic E-state index is 0.456. The molecule has 0 saturated heterocycles. The number of alkyl halides is 2. The molecule has 1 saturated carbocycles. The summed E-state index contributed by atoms with van der Waals surface area (Å²) in [5.41, 5.74) is 0. The van der Waals surface area contributed by atoms with Gasteiger partial charge in [0.2, 0.25) is 0 Å². The van der Waals surface area contributed by atoms with E-state index in [-0.39, 0.29) is 0 Å². The summed E-state index contributed by atoms with van der Waals surface area (Å²) in [4.78, 5) is 11.8. The quantitative estimate of drug-likeness (QED) is 0.639. The minimum Gasteiger partial charge on any atom is -0.341 e. The van der Waals surface area contributed by atoms with E-state index in [9.17, 15) is 13.6 Å². The Kier molecular flexibility index (Phi) is 3.00. The lowest BCUT2D eigenvalue weighted by Crippen LogP contribution is -2.37. The largest absolute Gasteiger partial charge is 0.341 e. The molecule has 0 aromatic rings. The number of hydrogen-bond donors (Lipinski definition) is 0. The topological polar surface area (TPSA) is 20.3 Å². The highest BCUT2D eigenvalue weighted by atomic mass is 19.3. The summed E-state index contributed by atoms with van der Waals surface area (Å²) in [5, 5.41) is 0. The van der Waals surface area contributed by atoms with Crippen LogP contribution < -0.4 is 0 Å². The smallest absolute Gasteiger partial charge is 0.315 e. The Hall–Kier alpha value is -0.670. The van der Waals surface area contributed by atoms with Crippen molar-refractivity contribution in [3.05, 3.63) is 0 Å². The summed E-state index contributed by atoms with van der Waals surface area (Å²) >= 11 is 0. The predicted molar refractivity (Wildman–Crippen MR) is 41.0 cm³/mol. The Morgan fingerprint density at radius 2 is 2.17 bits per heavy atom. The van der Waals surface area contributed by atoms with Crippen LogP contribution in [-0.4, -0.2) is 30.8 Å². The average molecular weight is 177 g/mol. The molecule has 1 rings (SSSR count). The first-order valence-electron chi connectivity index (χ1n) is 4.14. The van der Waals surface area contributed by atoms with Crippen molar-refractivity contribution in [3.8, 4) is 0 Å². The molecule has 1 aliphatic carbocycles. The molecule has 12 heavy (non-hydrogen) atoms. The summed E-state index contributed by atoms with van der Waals surface area (Å²) in [6.07, 6.45) is 0.457. The van der Waals surface area contributed by atoms with Gasteiger partial charge in [0, 0.05) is 13.6 Å².